The van der Waals surface area contributed by atoms with Gasteiger partial charge in [-0.1, -0.05) is 24.3 Å². The first-order chi connectivity index (χ1) is 13.5. The number of benzene rings is 1. The molecule has 2 aromatic heterocycles. The van der Waals surface area contributed by atoms with E-state index < -0.39 is 17.5 Å². The number of esters is 1. The summed E-state index contributed by atoms with van der Waals surface area (Å²) in [5, 5.41) is 5.28. The molecule has 28 heavy (non-hydrogen) atoms. The smallest absolute Gasteiger partial charge is 0.374 e. The Kier molecular flexibility index (Phi) is 4.43. The summed E-state index contributed by atoms with van der Waals surface area (Å²) >= 11 is 1.40. The summed E-state index contributed by atoms with van der Waals surface area (Å²) in [5.74, 6) is -0.991. The average molecular weight is 398 g/mol. The minimum atomic E-state index is -1.13. The fraction of sp³-hybridized carbons (Fsp3) is 0.250. The number of nitrogens with one attached hydrogen (secondary N) is 1. The van der Waals surface area contributed by atoms with Crippen LogP contribution in [0.5, 0.6) is 0 Å². The van der Waals surface area contributed by atoms with Gasteiger partial charge in [0.1, 0.15) is 5.58 Å². The largest absolute Gasteiger partial charge is 0.460 e. The summed E-state index contributed by atoms with van der Waals surface area (Å²) in [6.07, 6.45) is 0. The molecule has 1 fully saturated rings. The topological polar surface area (TPSA) is 88.8 Å². The highest BCUT2D eigenvalue weighted by Crippen LogP contribution is 2.34. The summed E-state index contributed by atoms with van der Waals surface area (Å²) in [6.45, 7) is 3.48. The summed E-state index contributed by atoms with van der Waals surface area (Å²) in [7, 11) is 0. The number of thiophene rings is 1. The van der Waals surface area contributed by atoms with Crippen molar-refractivity contribution in [3.63, 3.8) is 0 Å². The molecule has 1 unspecified atom stereocenters. The number of hydrogen-bond acceptors (Lipinski definition) is 6. The number of fused-ring (bicyclic) bond motifs is 1. The van der Waals surface area contributed by atoms with Gasteiger partial charge in [0.2, 0.25) is 5.76 Å². The maximum Gasteiger partial charge on any atom is 0.374 e. The molecule has 0 aliphatic carbocycles. The number of furan rings is 1. The van der Waals surface area contributed by atoms with Gasteiger partial charge in [-0.3, -0.25) is 9.69 Å². The molecule has 1 aromatic carbocycles. The van der Waals surface area contributed by atoms with Crippen molar-refractivity contribution in [2.24, 2.45) is 0 Å². The fourth-order valence-corrected chi connectivity index (χ4v) is 4.18. The van der Waals surface area contributed by atoms with Gasteiger partial charge in [-0.15, -0.1) is 11.3 Å². The van der Waals surface area contributed by atoms with E-state index >= 15 is 0 Å². The van der Waals surface area contributed by atoms with Crippen molar-refractivity contribution in [1.29, 1.82) is 0 Å². The van der Waals surface area contributed by atoms with E-state index in [2.05, 4.69) is 5.32 Å². The van der Waals surface area contributed by atoms with Crippen LogP contribution in [0.2, 0.25) is 0 Å². The summed E-state index contributed by atoms with van der Waals surface area (Å²) in [6, 6.07) is 10.2. The van der Waals surface area contributed by atoms with Crippen molar-refractivity contribution >= 4 is 40.2 Å². The van der Waals surface area contributed by atoms with E-state index in [1.165, 1.54) is 11.3 Å². The molecule has 3 heterocycles. The molecule has 1 aliphatic rings. The molecule has 1 saturated heterocycles. The molecule has 1 aliphatic heterocycles. The number of ether oxygens (including phenoxy) is 1. The number of rotatable bonds is 5. The Labute approximate surface area is 164 Å². The minimum absolute atomic E-state index is 0.00776. The van der Waals surface area contributed by atoms with Gasteiger partial charge in [0, 0.05) is 15.8 Å². The van der Waals surface area contributed by atoms with Crippen LogP contribution in [0.15, 0.2) is 46.2 Å². The third-order valence-electron chi connectivity index (χ3n) is 4.76. The highest BCUT2D eigenvalue weighted by molar-refractivity contribution is 7.10. The molecular weight excluding hydrogens is 380 g/mol. The Balaban J connectivity index is 1.74. The zero-order valence-electron chi connectivity index (χ0n) is 15.4. The van der Waals surface area contributed by atoms with Gasteiger partial charge in [0.15, 0.2) is 5.54 Å². The first-order valence-electron chi connectivity index (χ1n) is 8.81. The summed E-state index contributed by atoms with van der Waals surface area (Å²) in [5.41, 5.74) is -0.184. The van der Waals surface area contributed by atoms with E-state index in [0.717, 1.165) is 9.78 Å². The van der Waals surface area contributed by atoms with Crippen LogP contribution in [0.4, 0.5) is 4.79 Å². The quantitative estimate of drug-likeness (QED) is 0.524. The Morgan fingerprint density at radius 3 is 2.75 bits per heavy atom. The van der Waals surface area contributed by atoms with Gasteiger partial charge in [-0.2, -0.15) is 0 Å². The Hall–Kier alpha value is -3.13. The third kappa shape index (κ3) is 2.77. The number of amides is 3. The minimum Gasteiger partial charge on any atom is -0.460 e. The van der Waals surface area contributed by atoms with Crippen molar-refractivity contribution < 1.29 is 23.5 Å². The van der Waals surface area contributed by atoms with E-state index in [0.29, 0.717) is 16.5 Å². The number of nitrogens with zero attached hydrogens (tertiary/aromatic N) is 1. The van der Waals surface area contributed by atoms with E-state index in [1.807, 2.05) is 17.5 Å². The van der Waals surface area contributed by atoms with E-state index in [-0.39, 0.29) is 24.8 Å². The maximum absolute atomic E-state index is 13.1. The van der Waals surface area contributed by atoms with Crippen LogP contribution in [-0.4, -0.2) is 29.4 Å². The van der Waals surface area contributed by atoms with Crippen LogP contribution < -0.4 is 5.32 Å². The van der Waals surface area contributed by atoms with Crippen LogP contribution in [0, 0.1) is 0 Å². The molecule has 1 N–H and O–H groups in total. The highest BCUT2D eigenvalue weighted by Gasteiger charge is 2.50. The monoisotopic (exact) mass is 398 g/mol. The molecule has 3 aromatic rings. The van der Waals surface area contributed by atoms with Gasteiger partial charge in [0.25, 0.3) is 5.91 Å². The number of carbonyl (C=O) groups excluding carboxylic acids is 3. The van der Waals surface area contributed by atoms with Gasteiger partial charge in [0.05, 0.1) is 13.2 Å². The standard InChI is InChI=1S/C20H18N2O5S/c1-3-26-17(23)16-13(12-7-4-5-8-14(12)27-16)11-22-18(24)20(2,21-19(22)25)15-9-6-10-28-15/h4-10H,3,11H2,1-2H3,(H,21,25). The van der Waals surface area contributed by atoms with Gasteiger partial charge >= 0.3 is 12.0 Å². The van der Waals surface area contributed by atoms with Crippen molar-refractivity contribution in [3.05, 3.63) is 58.0 Å². The summed E-state index contributed by atoms with van der Waals surface area (Å²) in [4.78, 5) is 39.9. The normalized spacial score (nSPS) is 19.3. The molecule has 0 radical (unpaired) electrons. The second-order valence-corrected chi connectivity index (χ2v) is 7.50. The van der Waals surface area contributed by atoms with Crippen molar-refractivity contribution in [2.45, 2.75) is 25.9 Å². The first kappa shape index (κ1) is 18.2. The van der Waals surface area contributed by atoms with Crippen LogP contribution in [0.25, 0.3) is 11.0 Å². The lowest BCUT2D eigenvalue weighted by Crippen LogP contribution is -2.40. The molecule has 7 nitrogen and oxygen atoms in total. The molecular formula is C20H18N2O5S. The molecule has 1 atom stereocenters. The number of urea groups is 1. The molecule has 8 heteroatoms. The Morgan fingerprint density at radius 1 is 1.25 bits per heavy atom. The van der Waals surface area contributed by atoms with E-state index in [1.54, 1.807) is 38.1 Å². The number of imide groups is 1. The van der Waals surface area contributed by atoms with Crippen LogP contribution in [0.3, 0.4) is 0 Å². The van der Waals surface area contributed by atoms with Crippen molar-refractivity contribution in [1.82, 2.24) is 10.2 Å². The zero-order chi connectivity index (χ0) is 19.9. The number of para-hydroxylation sites is 1. The van der Waals surface area contributed by atoms with Crippen LogP contribution in [-0.2, 0) is 21.6 Å². The average Bonchev–Trinajstić information content (AvgIpc) is 3.38. The van der Waals surface area contributed by atoms with E-state index in [9.17, 15) is 14.4 Å². The molecule has 4 rings (SSSR count). The predicted molar refractivity (Wildman–Crippen MR) is 103 cm³/mol. The van der Waals surface area contributed by atoms with Crippen LogP contribution >= 0.6 is 11.3 Å². The van der Waals surface area contributed by atoms with Crippen molar-refractivity contribution in [2.75, 3.05) is 6.61 Å². The molecule has 144 valence electrons. The Morgan fingerprint density at radius 2 is 2.04 bits per heavy atom. The van der Waals surface area contributed by atoms with Gasteiger partial charge in [-0.05, 0) is 31.4 Å². The SMILES string of the molecule is CCOC(=O)c1oc2ccccc2c1CN1C(=O)NC(C)(c2cccs2)C1=O. The van der Waals surface area contributed by atoms with Gasteiger partial charge < -0.3 is 14.5 Å². The first-order valence-corrected chi connectivity index (χ1v) is 9.69. The summed E-state index contributed by atoms with van der Waals surface area (Å²) < 4.78 is 10.8. The van der Waals surface area contributed by atoms with Crippen LogP contribution in [0.1, 0.15) is 34.8 Å². The third-order valence-corrected chi connectivity index (χ3v) is 5.86. The lowest BCUT2D eigenvalue weighted by atomic mass is 10.0. The van der Waals surface area contributed by atoms with E-state index in [4.69, 9.17) is 9.15 Å². The lowest BCUT2D eigenvalue weighted by Gasteiger charge is -2.20. The lowest BCUT2D eigenvalue weighted by molar-refractivity contribution is -0.131. The zero-order valence-corrected chi connectivity index (χ0v) is 16.2. The van der Waals surface area contributed by atoms with Gasteiger partial charge in [-0.25, -0.2) is 9.59 Å². The maximum atomic E-state index is 13.1. The molecule has 3 amide bonds. The predicted octanol–water partition coefficient (Wildman–Crippen LogP) is 3.64. The molecule has 0 spiro atoms. The highest BCUT2D eigenvalue weighted by atomic mass is 32.1. The number of hydrogen-bond donors (Lipinski definition) is 1. The van der Waals surface area contributed by atoms with Crippen molar-refractivity contribution in [3.8, 4) is 0 Å². The Bertz CT molecular complexity index is 1070. The second-order valence-electron chi connectivity index (χ2n) is 6.55. The molecule has 0 saturated carbocycles. The fourth-order valence-electron chi connectivity index (χ4n) is 3.35. The number of carbonyl (C=O) groups is 3. The second kappa shape index (κ2) is 6.79. The molecule has 0 bridgehead atoms.